The van der Waals surface area contributed by atoms with Crippen molar-refractivity contribution in [2.45, 2.75) is 19.9 Å². The van der Waals surface area contributed by atoms with Gasteiger partial charge in [0.15, 0.2) is 0 Å². The summed E-state index contributed by atoms with van der Waals surface area (Å²) >= 11 is 0. The van der Waals surface area contributed by atoms with Gasteiger partial charge in [-0.3, -0.25) is 4.79 Å². The van der Waals surface area contributed by atoms with Crippen molar-refractivity contribution in [1.82, 2.24) is 4.90 Å². The monoisotopic (exact) mass is 333 g/mol. The smallest absolute Gasteiger partial charge is 0.227 e. The molecule has 3 rings (SSSR count). The third-order valence-electron chi connectivity index (χ3n) is 4.43. The van der Waals surface area contributed by atoms with E-state index in [-0.39, 0.29) is 5.91 Å². The number of carbonyl (C=O) groups excluding carboxylic acids is 1. The second-order valence-corrected chi connectivity index (χ2v) is 6.46. The first-order chi connectivity index (χ1) is 12.0. The fraction of sp³-hybridized carbons (Fsp3) is 0.227. The zero-order valence-corrected chi connectivity index (χ0v) is 15.0. The summed E-state index contributed by atoms with van der Waals surface area (Å²) in [5.74, 6) is 0.976. The van der Waals surface area contributed by atoms with Gasteiger partial charge in [0.25, 0.3) is 0 Å². The van der Waals surface area contributed by atoms with Crippen LogP contribution in [0.5, 0.6) is 5.75 Å². The van der Waals surface area contributed by atoms with Gasteiger partial charge in [-0.15, -0.1) is 0 Å². The molecule has 25 heavy (non-hydrogen) atoms. The lowest BCUT2D eigenvalue weighted by atomic mass is 10.1. The molecule has 3 aromatic rings. The first-order valence-corrected chi connectivity index (χ1v) is 8.41. The molecule has 0 heterocycles. The van der Waals surface area contributed by atoms with Crippen LogP contribution in [0, 0.1) is 6.92 Å². The predicted octanol–water partition coefficient (Wildman–Crippen LogP) is 4.36. The van der Waals surface area contributed by atoms with Gasteiger partial charge in [0.1, 0.15) is 5.75 Å². The summed E-state index contributed by atoms with van der Waals surface area (Å²) in [5, 5.41) is 2.29. The van der Waals surface area contributed by atoms with Gasteiger partial charge in [0.2, 0.25) is 5.91 Å². The van der Waals surface area contributed by atoms with E-state index in [0.717, 1.165) is 27.6 Å². The average molecular weight is 333 g/mol. The Morgan fingerprint density at radius 3 is 2.28 bits per heavy atom. The zero-order chi connectivity index (χ0) is 17.8. The van der Waals surface area contributed by atoms with E-state index in [1.807, 2.05) is 56.4 Å². The summed E-state index contributed by atoms with van der Waals surface area (Å²) in [7, 11) is 3.53. The number of ether oxygens (including phenoxy) is 1. The molecule has 3 nitrogen and oxygen atoms in total. The second kappa shape index (κ2) is 7.39. The van der Waals surface area contributed by atoms with Gasteiger partial charge in [0, 0.05) is 13.6 Å². The lowest BCUT2D eigenvalue weighted by molar-refractivity contribution is -0.129. The van der Waals surface area contributed by atoms with E-state index in [1.165, 1.54) is 5.56 Å². The van der Waals surface area contributed by atoms with Crippen molar-refractivity contribution in [3.8, 4) is 5.75 Å². The molecule has 3 heteroatoms. The molecule has 0 aromatic heterocycles. The van der Waals surface area contributed by atoms with Crippen molar-refractivity contribution >= 4 is 16.7 Å². The molecule has 0 bridgehead atoms. The van der Waals surface area contributed by atoms with E-state index < -0.39 is 0 Å². The number of hydrogen-bond acceptors (Lipinski definition) is 2. The molecule has 0 spiro atoms. The standard InChI is InChI=1S/C22H23NO2/c1-16-4-6-17(7-5-16)13-22(24)23(2)15-18-8-9-20-14-21(25-3)11-10-19(20)12-18/h4-12,14H,13,15H2,1-3H3. The largest absolute Gasteiger partial charge is 0.497 e. The Kier molecular flexibility index (Phi) is 5.03. The molecular formula is C22H23NO2. The van der Waals surface area contributed by atoms with Gasteiger partial charge < -0.3 is 9.64 Å². The van der Waals surface area contributed by atoms with Crippen molar-refractivity contribution in [3.63, 3.8) is 0 Å². The maximum atomic E-state index is 12.5. The SMILES string of the molecule is COc1ccc2cc(CN(C)C(=O)Cc3ccc(C)cc3)ccc2c1. The summed E-state index contributed by atoms with van der Waals surface area (Å²) in [6.07, 6.45) is 0.432. The summed E-state index contributed by atoms with van der Waals surface area (Å²) in [5.41, 5.74) is 3.38. The van der Waals surface area contributed by atoms with Crippen molar-refractivity contribution < 1.29 is 9.53 Å². The van der Waals surface area contributed by atoms with Crippen molar-refractivity contribution in [3.05, 3.63) is 77.4 Å². The fourth-order valence-electron chi connectivity index (χ4n) is 2.88. The molecule has 0 unspecified atom stereocenters. The second-order valence-electron chi connectivity index (χ2n) is 6.46. The van der Waals surface area contributed by atoms with Crippen LogP contribution in [0.3, 0.4) is 0 Å². The minimum Gasteiger partial charge on any atom is -0.497 e. The van der Waals surface area contributed by atoms with Crippen LogP contribution in [0.25, 0.3) is 10.8 Å². The molecule has 0 aliphatic carbocycles. The maximum Gasteiger partial charge on any atom is 0.227 e. The summed E-state index contributed by atoms with van der Waals surface area (Å²) in [6, 6.07) is 20.4. The van der Waals surface area contributed by atoms with Gasteiger partial charge in [-0.1, -0.05) is 48.0 Å². The number of likely N-dealkylation sites (N-methyl/N-ethyl adjacent to an activating group) is 1. The number of carbonyl (C=O) groups is 1. The summed E-state index contributed by atoms with van der Waals surface area (Å²) in [4.78, 5) is 14.2. The van der Waals surface area contributed by atoms with Gasteiger partial charge in [-0.25, -0.2) is 0 Å². The number of aryl methyl sites for hydroxylation is 1. The first-order valence-electron chi connectivity index (χ1n) is 8.41. The minimum absolute atomic E-state index is 0.124. The Balaban J connectivity index is 1.69. The van der Waals surface area contributed by atoms with Crippen LogP contribution in [-0.4, -0.2) is 25.0 Å². The number of nitrogens with zero attached hydrogens (tertiary/aromatic N) is 1. The van der Waals surface area contributed by atoms with Crippen molar-refractivity contribution in [2.75, 3.05) is 14.2 Å². The Bertz CT molecular complexity index is 884. The molecule has 0 saturated heterocycles. The normalized spacial score (nSPS) is 10.7. The highest BCUT2D eigenvalue weighted by atomic mass is 16.5. The van der Waals surface area contributed by atoms with Gasteiger partial charge >= 0.3 is 0 Å². The quantitative estimate of drug-likeness (QED) is 0.694. The Labute approximate surface area is 148 Å². The molecule has 0 fully saturated rings. The van der Waals surface area contributed by atoms with E-state index >= 15 is 0 Å². The molecule has 0 radical (unpaired) electrons. The number of benzene rings is 3. The number of methoxy groups -OCH3 is 1. The summed E-state index contributed by atoms with van der Waals surface area (Å²) in [6.45, 7) is 2.65. The van der Waals surface area contributed by atoms with Gasteiger partial charge in [-0.05, 0) is 47.0 Å². The molecule has 1 amide bonds. The van der Waals surface area contributed by atoms with Crippen molar-refractivity contribution in [1.29, 1.82) is 0 Å². The van der Waals surface area contributed by atoms with Crippen LogP contribution in [0.2, 0.25) is 0 Å². The van der Waals surface area contributed by atoms with Gasteiger partial charge in [-0.2, -0.15) is 0 Å². The minimum atomic E-state index is 0.124. The van der Waals surface area contributed by atoms with Crippen LogP contribution < -0.4 is 4.74 Å². The Morgan fingerprint density at radius 1 is 0.920 bits per heavy atom. The van der Waals surface area contributed by atoms with Crippen molar-refractivity contribution in [2.24, 2.45) is 0 Å². The highest BCUT2D eigenvalue weighted by Gasteiger charge is 2.10. The topological polar surface area (TPSA) is 29.5 Å². The Hall–Kier alpha value is -2.81. The molecule has 0 N–H and O–H groups in total. The molecule has 0 aliphatic rings. The molecule has 3 aromatic carbocycles. The first kappa shape index (κ1) is 17.0. The average Bonchev–Trinajstić information content (AvgIpc) is 2.63. The number of hydrogen-bond donors (Lipinski definition) is 0. The van der Waals surface area contributed by atoms with Gasteiger partial charge in [0.05, 0.1) is 13.5 Å². The van der Waals surface area contributed by atoms with Crippen LogP contribution in [0.15, 0.2) is 60.7 Å². The lowest BCUT2D eigenvalue weighted by Crippen LogP contribution is -2.27. The maximum absolute atomic E-state index is 12.5. The third-order valence-corrected chi connectivity index (χ3v) is 4.43. The van der Waals surface area contributed by atoms with E-state index in [2.05, 4.69) is 18.2 Å². The summed E-state index contributed by atoms with van der Waals surface area (Å²) < 4.78 is 5.26. The number of amides is 1. The lowest BCUT2D eigenvalue weighted by Gasteiger charge is -2.18. The van der Waals surface area contributed by atoms with Crippen LogP contribution >= 0.6 is 0 Å². The Morgan fingerprint density at radius 2 is 1.56 bits per heavy atom. The number of rotatable bonds is 5. The van der Waals surface area contributed by atoms with Crippen LogP contribution in [0.1, 0.15) is 16.7 Å². The van der Waals surface area contributed by atoms with E-state index in [4.69, 9.17) is 4.74 Å². The highest BCUT2D eigenvalue weighted by molar-refractivity contribution is 5.85. The third kappa shape index (κ3) is 4.18. The van der Waals surface area contributed by atoms with E-state index in [0.29, 0.717) is 13.0 Å². The number of fused-ring (bicyclic) bond motifs is 1. The molecule has 0 atom stereocenters. The molecule has 0 saturated carbocycles. The van der Waals surface area contributed by atoms with Crippen LogP contribution in [0.4, 0.5) is 0 Å². The molecule has 0 aliphatic heterocycles. The van der Waals surface area contributed by atoms with E-state index in [1.54, 1.807) is 12.0 Å². The predicted molar refractivity (Wildman–Crippen MR) is 102 cm³/mol. The van der Waals surface area contributed by atoms with E-state index in [9.17, 15) is 4.79 Å². The molecular weight excluding hydrogens is 310 g/mol. The zero-order valence-electron chi connectivity index (χ0n) is 15.0. The fourth-order valence-corrected chi connectivity index (χ4v) is 2.88. The molecule has 128 valence electrons. The van der Waals surface area contributed by atoms with Crippen LogP contribution in [-0.2, 0) is 17.8 Å². The highest BCUT2D eigenvalue weighted by Crippen LogP contribution is 2.22.